The third-order valence-electron chi connectivity index (χ3n) is 4.47. The number of hydrogen-bond donors (Lipinski definition) is 1. The van der Waals surface area contributed by atoms with Gasteiger partial charge in [-0.05, 0) is 73.8 Å². The van der Waals surface area contributed by atoms with Crippen molar-refractivity contribution in [3.05, 3.63) is 0 Å². The predicted octanol–water partition coefficient (Wildman–Crippen LogP) is 1.79. The number of nitrogens with zero attached hydrogens (tertiary/aromatic N) is 2. The van der Waals surface area contributed by atoms with Gasteiger partial charge in [-0.15, -0.1) is 0 Å². The van der Waals surface area contributed by atoms with Gasteiger partial charge in [-0.25, -0.2) is 0 Å². The normalized spacial score (nSPS) is 20.6. The fraction of sp³-hybridized carbons (Fsp3) is 1.00. The van der Waals surface area contributed by atoms with Gasteiger partial charge in [0.25, 0.3) is 0 Å². The molecule has 1 N–H and O–H groups in total. The van der Waals surface area contributed by atoms with Gasteiger partial charge in [-0.1, -0.05) is 0 Å². The molecule has 1 rings (SSSR count). The zero-order valence-electron chi connectivity index (χ0n) is 12.4. The lowest BCUT2D eigenvalue weighted by Gasteiger charge is -2.49. The van der Waals surface area contributed by atoms with Crippen LogP contribution in [0.3, 0.4) is 0 Å². The molecule has 3 nitrogen and oxygen atoms in total. The Morgan fingerprint density at radius 3 is 2.29 bits per heavy atom. The van der Waals surface area contributed by atoms with Crippen molar-refractivity contribution in [2.75, 3.05) is 41.3 Å². The Morgan fingerprint density at radius 2 is 1.88 bits per heavy atom. The minimum atomic E-state index is 0.476. The summed E-state index contributed by atoms with van der Waals surface area (Å²) in [6, 6.07) is 0.648. The van der Waals surface area contributed by atoms with Crippen molar-refractivity contribution in [1.82, 2.24) is 15.1 Å². The van der Waals surface area contributed by atoms with Gasteiger partial charge in [0.2, 0.25) is 0 Å². The van der Waals surface area contributed by atoms with E-state index < -0.39 is 0 Å². The van der Waals surface area contributed by atoms with Crippen LogP contribution in [-0.2, 0) is 0 Å². The Kier molecular flexibility index (Phi) is 5.90. The molecule has 0 aromatic carbocycles. The van der Waals surface area contributed by atoms with Gasteiger partial charge < -0.3 is 15.1 Å². The van der Waals surface area contributed by atoms with E-state index >= 15 is 0 Å². The van der Waals surface area contributed by atoms with Gasteiger partial charge in [0.05, 0.1) is 0 Å². The van der Waals surface area contributed by atoms with Crippen LogP contribution < -0.4 is 5.32 Å². The third kappa shape index (κ3) is 4.23. The van der Waals surface area contributed by atoms with Crippen molar-refractivity contribution in [2.45, 2.75) is 50.6 Å². The molecule has 0 aromatic rings. The Bertz CT molecular complexity index is 212. The fourth-order valence-electron chi connectivity index (χ4n) is 2.72. The summed E-state index contributed by atoms with van der Waals surface area (Å²) in [5.74, 6) is 0. The molecule has 1 aliphatic carbocycles. The molecule has 0 amide bonds. The van der Waals surface area contributed by atoms with Crippen molar-refractivity contribution in [1.29, 1.82) is 0 Å². The summed E-state index contributed by atoms with van der Waals surface area (Å²) in [5, 5.41) is 3.30. The second-order valence-corrected chi connectivity index (χ2v) is 6.04. The van der Waals surface area contributed by atoms with E-state index in [1.54, 1.807) is 0 Å². The van der Waals surface area contributed by atoms with E-state index in [0.717, 1.165) is 0 Å². The van der Waals surface area contributed by atoms with Crippen LogP contribution in [0.1, 0.15) is 39.0 Å². The monoisotopic (exact) mass is 241 g/mol. The molecule has 1 saturated carbocycles. The molecule has 1 unspecified atom stereocenters. The summed E-state index contributed by atoms with van der Waals surface area (Å²) in [6.07, 6.45) is 6.72. The number of hydrogen-bond acceptors (Lipinski definition) is 3. The molecule has 0 bridgehead atoms. The summed E-state index contributed by atoms with van der Waals surface area (Å²) < 4.78 is 0. The zero-order valence-corrected chi connectivity index (χ0v) is 12.4. The maximum absolute atomic E-state index is 3.30. The topological polar surface area (TPSA) is 18.5 Å². The molecule has 1 aliphatic rings. The molecule has 0 aromatic heterocycles. The summed E-state index contributed by atoms with van der Waals surface area (Å²) in [7, 11) is 8.78. The highest BCUT2D eigenvalue weighted by Gasteiger charge is 2.39. The van der Waals surface area contributed by atoms with E-state index in [-0.39, 0.29) is 0 Å². The summed E-state index contributed by atoms with van der Waals surface area (Å²) in [4.78, 5) is 4.95. The van der Waals surface area contributed by atoms with Crippen molar-refractivity contribution >= 4 is 0 Å². The lowest BCUT2D eigenvalue weighted by Crippen LogP contribution is -2.56. The smallest absolute Gasteiger partial charge is 0.0330 e. The third-order valence-corrected chi connectivity index (χ3v) is 4.47. The Balaban J connectivity index is 2.22. The van der Waals surface area contributed by atoms with Gasteiger partial charge in [0, 0.05) is 18.1 Å². The second kappa shape index (κ2) is 6.72. The first-order chi connectivity index (χ1) is 8.00. The van der Waals surface area contributed by atoms with Gasteiger partial charge in [0.1, 0.15) is 0 Å². The van der Waals surface area contributed by atoms with Crippen LogP contribution in [0.4, 0.5) is 0 Å². The molecule has 0 spiro atoms. The zero-order chi connectivity index (χ0) is 12.9. The summed E-state index contributed by atoms with van der Waals surface area (Å²) >= 11 is 0. The highest BCUT2D eigenvalue weighted by atomic mass is 15.2. The molecule has 0 radical (unpaired) electrons. The van der Waals surface area contributed by atoms with Crippen molar-refractivity contribution < 1.29 is 0 Å². The molecular weight excluding hydrogens is 210 g/mol. The molecule has 17 heavy (non-hydrogen) atoms. The first kappa shape index (κ1) is 14.9. The van der Waals surface area contributed by atoms with Gasteiger partial charge in [-0.3, -0.25) is 0 Å². The Hall–Kier alpha value is -0.120. The predicted molar refractivity (Wildman–Crippen MR) is 75.5 cm³/mol. The minimum absolute atomic E-state index is 0.476. The summed E-state index contributed by atoms with van der Waals surface area (Å²) in [6.45, 7) is 4.71. The average molecular weight is 241 g/mol. The number of rotatable bonds is 8. The molecular formula is C14H31N3. The lowest BCUT2D eigenvalue weighted by molar-refractivity contribution is 0.0274. The highest BCUT2D eigenvalue weighted by molar-refractivity contribution is 4.97. The number of likely N-dealkylation sites (N-methyl/N-ethyl adjacent to an activating group) is 2. The van der Waals surface area contributed by atoms with Crippen molar-refractivity contribution in [3.8, 4) is 0 Å². The van der Waals surface area contributed by atoms with Crippen LogP contribution in [0, 0.1) is 0 Å². The van der Waals surface area contributed by atoms with Crippen LogP contribution in [0.25, 0.3) is 0 Å². The van der Waals surface area contributed by atoms with Gasteiger partial charge in [-0.2, -0.15) is 0 Å². The van der Waals surface area contributed by atoms with Crippen molar-refractivity contribution in [3.63, 3.8) is 0 Å². The molecule has 3 heteroatoms. The number of nitrogens with one attached hydrogen (secondary N) is 1. The van der Waals surface area contributed by atoms with E-state index in [2.05, 4.69) is 43.2 Å². The quantitative estimate of drug-likeness (QED) is 0.699. The summed E-state index contributed by atoms with van der Waals surface area (Å²) in [5.41, 5.74) is 0.476. The molecule has 102 valence electrons. The first-order valence-corrected chi connectivity index (χ1v) is 7.03. The highest BCUT2D eigenvalue weighted by Crippen LogP contribution is 2.36. The maximum atomic E-state index is 3.30. The van der Waals surface area contributed by atoms with E-state index in [1.165, 1.54) is 45.2 Å². The van der Waals surface area contributed by atoms with E-state index in [0.29, 0.717) is 11.6 Å². The lowest BCUT2D eigenvalue weighted by atomic mass is 9.75. The minimum Gasteiger partial charge on any atom is -0.317 e. The first-order valence-electron chi connectivity index (χ1n) is 7.03. The second-order valence-electron chi connectivity index (χ2n) is 6.04. The van der Waals surface area contributed by atoms with Crippen molar-refractivity contribution in [2.24, 2.45) is 0 Å². The van der Waals surface area contributed by atoms with Crippen LogP contribution in [0.2, 0.25) is 0 Å². The Labute approximate surface area is 108 Å². The molecule has 1 atom stereocenters. The van der Waals surface area contributed by atoms with E-state index in [1.807, 2.05) is 7.05 Å². The molecule has 0 heterocycles. The molecule has 0 aliphatic heterocycles. The SMILES string of the molecule is CNC(C)CCCN(C)CC1(N(C)C)CCC1. The molecule has 0 saturated heterocycles. The van der Waals surface area contributed by atoms with Crippen LogP contribution in [-0.4, -0.2) is 62.7 Å². The maximum Gasteiger partial charge on any atom is 0.0330 e. The largest absolute Gasteiger partial charge is 0.317 e. The van der Waals surface area contributed by atoms with E-state index in [4.69, 9.17) is 0 Å². The van der Waals surface area contributed by atoms with Gasteiger partial charge in [0.15, 0.2) is 0 Å². The van der Waals surface area contributed by atoms with E-state index in [9.17, 15) is 0 Å². The fourth-order valence-corrected chi connectivity index (χ4v) is 2.72. The Morgan fingerprint density at radius 1 is 1.24 bits per heavy atom. The average Bonchev–Trinajstić information content (AvgIpc) is 2.22. The van der Waals surface area contributed by atoms with Crippen LogP contribution in [0.5, 0.6) is 0 Å². The standard InChI is InChI=1S/C14H31N3/c1-13(15-2)8-6-11-17(5)12-14(16(3)4)9-7-10-14/h13,15H,6-12H2,1-5H3. The van der Waals surface area contributed by atoms with Crippen LogP contribution in [0.15, 0.2) is 0 Å². The molecule has 1 fully saturated rings. The van der Waals surface area contributed by atoms with Crippen LogP contribution >= 0.6 is 0 Å². The van der Waals surface area contributed by atoms with Gasteiger partial charge >= 0.3 is 0 Å².